The van der Waals surface area contributed by atoms with Crippen LogP contribution in [0, 0.1) is 0 Å². The predicted molar refractivity (Wildman–Crippen MR) is 35.9 cm³/mol. The molecule has 0 radical (unpaired) electrons. The highest BCUT2D eigenvalue weighted by Gasteiger charge is 2.17. The lowest BCUT2D eigenvalue weighted by Gasteiger charge is -2.17. The second-order valence-corrected chi connectivity index (χ2v) is 2.29. The molecule has 0 heterocycles. The summed E-state index contributed by atoms with van der Waals surface area (Å²) >= 11 is 0. The van der Waals surface area contributed by atoms with Crippen molar-refractivity contribution in [2.24, 2.45) is 5.73 Å². The van der Waals surface area contributed by atoms with Gasteiger partial charge in [0.1, 0.15) is 0 Å². The van der Waals surface area contributed by atoms with Crippen LogP contribution in [0.4, 0.5) is 0 Å². The first-order valence-corrected chi connectivity index (χ1v) is 3.06. The zero-order valence-corrected chi connectivity index (χ0v) is 5.91. The second-order valence-electron chi connectivity index (χ2n) is 2.29. The van der Waals surface area contributed by atoms with E-state index in [0.29, 0.717) is 6.54 Å². The molecule has 6 N–H and O–H groups in total. The molecule has 5 heteroatoms. The summed E-state index contributed by atoms with van der Waals surface area (Å²) in [6.45, 7) is 1.85. The van der Waals surface area contributed by atoms with Gasteiger partial charge in [-0.3, -0.25) is 0 Å². The minimum absolute atomic E-state index is 0.0363. The quantitative estimate of drug-likeness (QED) is 0.287. The molecule has 0 saturated carbocycles. The van der Waals surface area contributed by atoms with Crippen molar-refractivity contribution in [1.82, 2.24) is 5.32 Å². The van der Waals surface area contributed by atoms with Crippen LogP contribution in [0.5, 0.6) is 0 Å². The Balaban J connectivity index is 3.36. The largest absolute Gasteiger partial charge is 0.343 e. The van der Waals surface area contributed by atoms with Crippen molar-refractivity contribution < 1.29 is 15.3 Å². The van der Waals surface area contributed by atoms with Crippen LogP contribution in [-0.4, -0.2) is 40.4 Å². The van der Waals surface area contributed by atoms with E-state index in [1.54, 1.807) is 6.92 Å². The lowest BCUT2D eigenvalue weighted by Crippen LogP contribution is -2.45. The molecular formula is C5H14N2O3. The van der Waals surface area contributed by atoms with Crippen molar-refractivity contribution in [1.29, 1.82) is 0 Å². The van der Waals surface area contributed by atoms with Crippen LogP contribution in [-0.2, 0) is 0 Å². The molecule has 0 fully saturated rings. The Hall–Kier alpha value is -0.200. The zero-order valence-electron chi connectivity index (χ0n) is 5.91. The SMILES string of the molecule is CC(CN)NCC(O)(O)O. The van der Waals surface area contributed by atoms with Gasteiger partial charge in [0.15, 0.2) is 0 Å². The predicted octanol–water partition coefficient (Wildman–Crippen LogP) is -2.45. The maximum Gasteiger partial charge on any atom is 0.288 e. The maximum atomic E-state index is 8.37. The van der Waals surface area contributed by atoms with Crippen molar-refractivity contribution >= 4 is 0 Å². The van der Waals surface area contributed by atoms with Crippen molar-refractivity contribution in [2.45, 2.75) is 18.9 Å². The molecule has 62 valence electrons. The van der Waals surface area contributed by atoms with Crippen molar-refractivity contribution in [3.05, 3.63) is 0 Å². The van der Waals surface area contributed by atoms with Crippen LogP contribution in [0.1, 0.15) is 6.92 Å². The molecule has 1 unspecified atom stereocenters. The minimum Gasteiger partial charge on any atom is -0.343 e. The van der Waals surface area contributed by atoms with Gasteiger partial charge in [-0.2, -0.15) is 0 Å². The third-order valence-corrected chi connectivity index (χ3v) is 1.04. The van der Waals surface area contributed by atoms with E-state index in [0.717, 1.165) is 0 Å². The Morgan fingerprint density at radius 1 is 1.50 bits per heavy atom. The van der Waals surface area contributed by atoms with Gasteiger partial charge < -0.3 is 26.4 Å². The summed E-state index contributed by atoms with van der Waals surface area (Å²) in [4.78, 5) is 0. The van der Waals surface area contributed by atoms with Gasteiger partial charge >= 0.3 is 0 Å². The van der Waals surface area contributed by atoms with Crippen LogP contribution in [0.3, 0.4) is 0 Å². The fourth-order valence-corrected chi connectivity index (χ4v) is 0.394. The summed E-state index contributed by atoms with van der Waals surface area (Å²) < 4.78 is 0. The molecule has 0 amide bonds. The van der Waals surface area contributed by atoms with Crippen LogP contribution < -0.4 is 11.1 Å². The van der Waals surface area contributed by atoms with E-state index in [4.69, 9.17) is 21.1 Å². The number of nitrogens with one attached hydrogen (secondary N) is 1. The third kappa shape index (κ3) is 5.93. The van der Waals surface area contributed by atoms with E-state index in [1.807, 2.05) is 0 Å². The number of hydrogen-bond acceptors (Lipinski definition) is 5. The Labute approximate surface area is 59.5 Å². The Morgan fingerprint density at radius 2 is 2.00 bits per heavy atom. The van der Waals surface area contributed by atoms with E-state index in [2.05, 4.69) is 5.32 Å². The van der Waals surface area contributed by atoms with Crippen LogP contribution in [0.15, 0.2) is 0 Å². The van der Waals surface area contributed by atoms with E-state index in [9.17, 15) is 0 Å². The number of hydrogen-bond donors (Lipinski definition) is 5. The molecule has 5 nitrogen and oxygen atoms in total. The smallest absolute Gasteiger partial charge is 0.288 e. The molecule has 10 heavy (non-hydrogen) atoms. The first-order chi connectivity index (χ1) is 4.45. The van der Waals surface area contributed by atoms with Crippen molar-refractivity contribution in [3.8, 4) is 0 Å². The molecule has 0 aliphatic rings. The lowest BCUT2D eigenvalue weighted by atomic mass is 10.3. The summed E-state index contributed by atoms with van der Waals surface area (Å²) in [5, 5.41) is 27.7. The van der Waals surface area contributed by atoms with Gasteiger partial charge in [0.05, 0.1) is 6.54 Å². The van der Waals surface area contributed by atoms with Gasteiger partial charge in [-0.25, -0.2) is 0 Å². The van der Waals surface area contributed by atoms with Gasteiger partial charge in [-0.15, -0.1) is 0 Å². The number of rotatable bonds is 4. The second kappa shape index (κ2) is 3.85. The average Bonchev–Trinajstić information content (AvgIpc) is 1.81. The molecule has 0 aromatic carbocycles. The summed E-state index contributed by atoms with van der Waals surface area (Å²) in [5.74, 6) is -2.64. The average molecular weight is 150 g/mol. The molecular weight excluding hydrogens is 136 g/mol. The standard InChI is InChI=1S/C5H14N2O3/c1-4(2-6)7-3-5(8,9)10/h4,7-10H,2-3,6H2,1H3. The summed E-state index contributed by atoms with van der Waals surface area (Å²) in [5.41, 5.74) is 5.19. The van der Waals surface area contributed by atoms with Gasteiger partial charge in [-0.1, -0.05) is 0 Å². The van der Waals surface area contributed by atoms with E-state index in [1.165, 1.54) is 0 Å². The molecule has 0 aromatic rings. The van der Waals surface area contributed by atoms with E-state index in [-0.39, 0.29) is 12.6 Å². The molecule has 0 bridgehead atoms. The minimum atomic E-state index is -2.64. The number of aliphatic hydroxyl groups is 3. The zero-order chi connectivity index (χ0) is 8.20. The summed E-state index contributed by atoms with van der Waals surface area (Å²) in [7, 11) is 0. The van der Waals surface area contributed by atoms with Crippen LogP contribution in [0.25, 0.3) is 0 Å². The van der Waals surface area contributed by atoms with Gasteiger partial charge in [0.25, 0.3) is 5.97 Å². The first-order valence-electron chi connectivity index (χ1n) is 3.06. The maximum absolute atomic E-state index is 8.37. The fourth-order valence-electron chi connectivity index (χ4n) is 0.394. The van der Waals surface area contributed by atoms with E-state index < -0.39 is 5.97 Å². The van der Waals surface area contributed by atoms with Crippen molar-refractivity contribution in [2.75, 3.05) is 13.1 Å². The molecule has 0 aliphatic carbocycles. The first kappa shape index (κ1) is 9.80. The van der Waals surface area contributed by atoms with Gasteiger partial charge in [-0.05, 0) is 6.92 Å². The lowest BCUT2D eigenvalue weighted by molar-refractivity contribution is -0.306. The highest BCUT2D eigenvalue weighted by molar-refractivity contribution is 4.62. The monoisotopic (exact) mass is 150 g/mol. The third-order valence-electron chi connectivity index (χ3n) is 1.04. The molecule has 0 aliphatic heterocycles. The van der Waals surface area contributed by atoms with Crippen molar-refractivity contribution in [3.63, 3.8) is 0 Å². The molecule has 0 aromatic heterocycles. The van der Waals surface area contributed by atoms with Crippen LogP contribution >= 0.6 is 0 Å². The molecule has 0 spiro atoms. The van der Waals surface area contributed by atoms with Crippen LogP contribution in [0.2, 0.25) is 0 Å². The normalized spacial score (nSPS) is 15.3. The summed E-state index contributed by atoms with van der Waals surface area (Å²) in [6.07, 6.45) is 0. The molecule has 0 rings (SSSR count). The molecule has 0 saturated heterocycles. The Bertz CT molecular complexity index is 91.4. The summed E-state index contributed by atoms with van der Waals surface area (Å²) in [6, 6.07) is -0.0363. The van der Waals surface area contributed by atoms with E-state index >= 15 is 0 Å². The Kier molecular flexibility index (Phi) is 3.77. The highest BCUT2D eigenvalue weighted by atomic mass is 16.7. The topological polar surface area (TPSA) is 98.7 Å². The fraction of sp³-hybridized carbons (Fsp3) is 1.00. The highest BCUT2D eigenvalue weighted by Crippen LogP contribution is 1.88. The van der Waals surface area contributed by atoms with Gasteiger partial charge in [0.2, 0.25) is 0 Å². The number of nitrogens with two attached hydrogens (primary N) is 1. The Morgan fingerprint density at radius 3 is 2.30 bits per heavy atom. The van der Waals surface area contributed by atoms with Gasteiger partial charge in [0, 0.05) is 12.6 Å². The molecule has 1 atom stereocenters.